The van der Waals surface area contributed by atoms with Crippen molar-refractivity contribution < 1.29 is 13.2 Å². The van der Waals surface area contributed by atoms with E-state index in [4.69, 9.17) is 0 Å². The summed E-state index contributed by atoms with van der Waals surface area (Å²) in [6.45, 7) is 1.65. The van der Waals surface area contributed by atoms with E-state index in [1.54, 1.807) is 0 Å². The van der Waals surface area contributed by atoms with Crippen LogP contribution in [0.25, 0.3) is 0 Å². The van der Waals surface area contributed by atoms with Gasteiger partial charge in [-0.25, -0.2) is 0 Å². The van der Waals surface area contributed by atoms with E-state index in [0.29, 0.717) is 17.6 Å². The second-order valence-corrected chi connectivity index (χ2v) is 4.04. The molecule has 1 N–H and O–H groups in total. The van der Waals surface area contributed by atoms with Crippen LogP contribution >= 0.6 is 11.8 Å². The van der Waals surface area contributed by atoms with Gasteiger partial charge in [-0.15, -0.1) is 0 Å². The Balaban J connectivity index is 2.30. The molecular formula is C7H11F3N2S. The minimum Gasteiger partial charge on any atom is -0.356 e. The summed E-state index contributed by atoms with van der Waals surface area (Å²) in [5, 5.41) is 2.68. The molecule has 0 aromatic rings. The van der Waals surface area contributed by atoms with Crippen LogP contribution in [0.3, 0.4) is 0 Å². The molecule has 1 aliphatic heterocycles. The van der Waals surface area contributed by atoms with Crippen molar-refractivity contribution in [3.8, 4) is 0 Å². The van der Waals surface area contributed by atoms with Gasteiger partial charge in [-0.1, -0.05) is 18.7 Å². The summed E-state index contributed by atoms with van der Waals surface area (Å²) in [6, 6.07) is 0. The van der Waals surface area contributed by atoms with Gasteiger partial charge in [0.1, 0.15) is 6.54 Å². The van der Waals surface area contributed by atoms with E-state index in [2.05, 4.69) is 10.3 Å². The Morgan fingerprint density at radius 2 is 2.31 bits per heavy atom. The topological polar surface area (TPSA) is 24.4 Å². The molecule has 0 aromatic carbocycles. The Bertz CT molecular complexity index is 202. The first-order valence-electron chi connectivity index (χ1n) is 3.95. The van der Waals surface area contributed by atoms with Gasteiger partial charge in [-0.2, -0.15) is 13.2 Å². The second kappa shape index (κ2) is 4.21. The fourth-order valence-electron chi connectivity index (χ4n) is 0.841. The van der Waals surface area contributed by atoms with Crippen LogP contribution in [0.2, 0.25) is 0 Å². The van der Waals surface area contributed by atoms with Gasteiger partial charge < -0.3 is 5.32 Å². The van der Waals surface area contributed by atoms with Crippen LogP contribution in [0.15, 0.2) is 4.99 Å². The maximum Gasteiger partial charge on any atom is 0.405 e. The van der Waals surface area contributed by atoms with Crippen LogP contribution < -0.4 is 5.32 Å². The number of nitrogens with one attached hydrogen (secondary N) is 1. The fourth-order valence-corrected chi connectivity index (χ4v) is 1.73. The standard InChI is InChI=1S/C7H11F3N2S/c1-5-2-11-6(13-3-5)12-4-7(8,9)10/h5H,2-4H2,1H3,(H,11,12). The molecule has 1 rings (SSSR count). The Morgan fingerprint density at radius 3 is 2.77 bits per heavy atom. The number of rotatable bonds is 1. The highest BCUT2D eigenvalue weighted by molar-refractivity contribution is 8.13. The lowest BCUT2D eigenvalue weighted by atomic mass is 10.2. The lowest BCUT2D eigenvalue weighted by Gasteiger charge is -2.18. The first-order chi connectivity index (χ1) is 5.97. The molecule has 0 spiro atoms. The third kappa shape index (κ3) is 4.40. The van der Waals surface area contributed by atoms with Crippen molar-refractivity contribution in [3.63, 3.8) is 0 Å². The van der Waals surface area contributed by atoms with Crippen LogP contribution in [-0.4, -0.2) is 30.2 Å². The zero-order valence-electron chi connectivity index (χ0n) is 7.19. The largest absolute Gasteiger partial charge is 0.405 e. The van der Waals surface area contributed by atoms with E-state index in [-0.39, 0.29) is 0 Å². The maximum absolute atomic E-state index is 11.8. The molecule has 0 bridgehead atoms. The third-order valence-corrected chi connectivity index (χ3v) is 2.77. The summed E-state index contributed by atoms with van der Waals surface area (Å²) in [5.41, 5.74) is 0. The molecule has 13 heavy (non-hydrogen) atoms. The highest BCUT2D eigenvalue weighted by atomic mass is 32.2. The molecule has 6 heteroatoms. The second-order valence-electron chi connectivity index (χ2n) is 3.03. The number of hydrogen-bond donors (Lipinski definition) is 1. The van der Waals surface area contributed by atoms with E-state index < -0.39 is 12.7 Å². The van der Waals surface area contributed by atoms with Crippen molar-refractivity contribution in [1.29, 1.82) is 0 Å². The van der Waals surface area contributed by atoms with E-state index in [1.807, 2.05) is 6.92 Å². The highest BCUT2D eigenvalue weighted by Crippen LogP contribution is 2.17. The molecule has 0 fully saturated rings. The fraction of sp³-hybridized carbons (Fsp3) is 0.857. The molecule has 1 heterocycles. The average Bonchev–Trinajstić information content (AvgIpc) is 2.02. The molecule has 0 saturated heterocycles. The van der Waals surface area contributed by atoms with Gasteiger partial charge in [0.2, 0.25) is 0 Å². The quantitative estimate of drug-likeness (QED) is 0.717. The van der Waals surface area contributed by atoms with Crippen molar-refractivity contribution >= 4 is 16.9 Å². The normalized spacial score (nSPS) is 24.0. The van der Waals surface area contributed by atoms with Gasteiger partial charge in [0, 0.05) is 12.3 Å². The summed E-state index contributed by atoms with van der Waals surface area (Å²) in [4.78, 5) is 3.98. The zero-order valence-corrected chi connectivity index (χ0v) is 8.00. The van der Waals surface area contributed by atoms with Gasteiger partial charge in [-0.05, 0) is 5.92 Å². The number of alkyl halides is 3. The number of aliphatic imine (C=N–C) groups is 1. The van der Waals surface area contributed by atoms with Crippen molar-refractivity contribution in [3.05, 3.63) is 0 Å². The Labute approximate surface area is 79.0 Å². The van der Waals surface area contributed by atoms with Crippen LogP contribution in [0.5, 0.6) is 0 Å². The van der Waals surface area contributed by atoms with Gasteiger partial charge in [0.15, 0.2) is 5.17 Å². The van der Waals surface area contributed by atoms with Crippen LogP contribution in [0.1, 0.15) is 6.92 Å². The minimum absolute atomic E-state index is 0.412. The van der Waals surface area contributed by atoms with E-state index in [9.17, 15) is 13.2 Å². The van der Waals surface area contributed by atoms with Crippen molar-refractivity contribution in [2.75, 3.05) is 18.8 Å². The Kier molecular flexibility index (Phi) is 3.47. The van der Waals surface area contributed by atoms with Crippen LogP contribution in [-0.2, 0) is 0 Å². The smallest absolute Gasteiger partial charge is 0.356 e. The Morgan fingerprint density at radius 1 is 1.62 bits per heavy atom. The third-order valence-electron chi connectivity index (χ3n) is 1.49. The molecule has 0 saturated carbocycles. The van der Waals surface area contributed by atoms with Crippen molar-refractivity contribution in [1.82, 2.24) is 5.32 Å². The lowest BCUT2D eigenvalue weighted by Crippen LogP contribution is -2.34. The highest BCUT2D eigenvalue weighted by Gasteiger charge is 2.27. The van der Waals surface area contributed by atoms with Crippen LogP contribution in [0, 0.1) is 5.92 Å². The number of nitrogens with zero attached hydrogens (tertiary/aromatic N) is 1. The molecule has 1 atom stereocenters. The van der Waals surface area contributed by atoms with Gasteiger partial charge in [0.05, 0.1) is 0 Å². The lowest BCUT2D eigenvalue weighted by molar-refractivity contribution is -0.121. The summed E-state index contributed by atoms with van der Waals surface area (Å²) >= 11 is 1.35. The van der Waals surface area contributed by atoms with E-state index in [0.717, 1.165) is 5.75 Å². The number of amidine groups is 1. The monoisotopic (exact) mass is 212 g/mol. The summed E-state index contributed by atoms with van der Waals surface area (Å²) in [7, 11) is 0. The predicted octanol–water partition coefficient (Wildman–Crippen LogP) is 1.88. The molecule has 0 radical (unpaired) electrons. The number of halogens is 3. The van der Waals surface area contributed by atoms with E-state index in [1.165, 1.54) is 11.8 Å². The van der Waals surface area contributed by atoms with Gasteiger partial charge in [-0.3, -0.25) is 4.99 Å². The number of thioether (sulfide) groups is 1. The summed E-state index contributed by atoms with van der Waals surface area (Å²) in [5.74, 6) is 1.30. The zero-order chi connectivity index (χ0) is 9.90. The molecule has 0 amide bonds. The maximum atomic E-state index is 11.8. The molecule has 76 valence electrons. The minimum atomic E-state index is -4.16. The molecular weight excluding hydrogens is 201 g/mol. The average molecular weight is 212 g/mol. The van der Waals surface area contributed by atoms with E-state index >= 15 is 0 Å². The van der Waals surface area contributed by atoms with Crippen molar-refractivity contribution in [2.45, 2.75) is 13.1 Å². The predicted molar refractivity (Wildman–Crippen MR) is 48.0 cm³/mol. The molecule has 1 unspecified atom stereocenters. The molecule has 0 aliphatic carbocycles. The number of hydrogen-bond acceptors (Lipinski definition) is 3. The first-order valence-corrected chi connectivity index (χ1v) is 4.94. The molecule has 1 aliphatic rings. The summed E-state index contributed by atoms with van der Waals surface area (Å²) in [6.07, 6.45) is -4.16. The summed E-state index contributed by atoms with van der Waals surface area (Å²) < 4.78 is 35.3. The SMILES string of the molecule is CC1CN=C(NCC(F)(F)F)SC1. The van der Waals surface area contributed by atoms with Gasteiger partial charge in [0.25, 0.3) is 0 Å². The van der Waals surface area contributed by atoms with Crippen molar-refractivity contribution in [2.24, 2.45) is 10.9 Å². The Hall–Kier alpha value is -0.390. The van der Waals surface area contributed by atoms with Crippen LogP contribution in [0.4, 0.5) is 13.2 Å². The molecule has 2 nitrogen and oxygen atoms in total. The van der Waals surface area contributed by atoms with Gasteiger partial charge >= 0.3 is 6.18 Å². The molecule has 0 aromatic heterocycles. The first kappa shape index (κ1) is 10.7.